The third kappa shape index (κ3) is 2.83. The van der Waals surface area contributed by atoms with Crippen molar-refractivity contribution < 1.29 is 27.5 Å². The van der Waals surface area contributed by atoms with Crippen LogP contribution in [0.4, 0.5) is 17.6 Å². The molecule has 0 radical (unpaired) electrons. The average Bonchev–Trinajstić information content (AvgIpc) is 2.34. The maximum absolute atomic E-state index is 14.5. The highest BCUT2D eigenvalue weighted by molar-refractivity contribution is 6.90. The number of carboxylic acids is 1. The van der Waals surface area contributed by atoms with Gasteiger partial charge in [-0.2, -0.15) is 13.2 Å². The molecule has 0 spiro atoms. The maximum Gasteiger partial charge on any atom is 0.433 e. The third-order valence-electron chi connectivity index (χ3n) is 3.19. The fraction of sp³-hybridized carbons (Fsp3) is 0.286. The highest BCUT2D eigenvalue weighted by Gasteiger charge is 2.34. The van der Waals surface area contributed by atoms with Crippen molar-refractivity contribution in [2.45, 2.75) is 25.8 Å². The Bertz CT molecular complexity index is 766. The van der Waals surface area contributed by atoms with Crippen molar-refractivity contribution in [1.29, 1.82) is 0 Å². The largest absolute Gasteiger partial charge is 0.478 e. The van der Waals surface area contributed by atoms with Crippen LogP contribution in [-0.2, 0) is 6.18 Å². The summed E-state index contributed by atoms with van der Waals surface area (Å²) in [4.78, 5) is 14.7. The second-order valence-electron chi connectivity index (χ2n) is 5.93. The van der Waals surface area contributed by atoms with E-state index in [0.29, 0.717) is 0 Å². The molecule has 0 saturated carbocycles. The molecule has 0 aliphatic carbocycles. The second-order valence-corrected chi connectivity index (χ2v) is 10.9. The van der Waals surface area contributed by atoms with Gasteiger partial charge in [0.2, 0.25) is 0 Å². The number of carboxylic acid groups (broad SMARTS) is 1. The van der Waals surface area contributed by atoms with Crippen LogP contribution in [0.5, 0.6) is 0 Å². The van der Waals surface area contributed by atoms with Gasteiger partial charge in [-0.15, -0.1) is 0 Å². The van der Waals surface area contributed by atoms with Crippen molar-refractivity contribution in [2.24, 2.45) is 0 Å². The molecule has 22 heavy (non-hydrogen) atoms. The standard InChI is InChI=1S/C14H13F4NO2Si/c1-22(2,3)12-10(15)8(13(20)21)6-7-4-5-9(14(16,17)18)19-11(7)12/h4-6H,1-3H3,(H,20,21). The highest BCUT2D eigenvalue weighted by atomic mass is 28.3. The van der Waals surface area contributed by atoms with Crippen LogP contribution >= 0.6 is 0 Å². The molecule has 0 aliphatic rings. The van der Waals surface area contributed by atoms with Gasteiger partial charge in [0, 0.05) is 10.6 Å². The van der Waals surface area contributed by atoms with Crippen molar-refractivity contribution in [3.63, 3.8) is 0 Å². The predicted octanol–water partition coefficient (Wildman–Crippen LogP) is 3.64. The Morgan fingerprint density at radius 2 is 1.82 bits per heavy atom. The SMILES string of the molecule is C[Si](C)(C)c1c(F)c(C(=O)O)cc2ccc(C(F)(F)F)nc12. The number of pyridine rings is 1. The lowest BCUT2D eigenvalue weighted by molar-refractivity contribution is -0.140. The molecule has 8 heteroatoms. The van der Waals surface area contributed by atoms with E-state index in [2.05, 4.69) is 4.98 Å². The number of hydrogen-bond donors (Lipinski definition) is 1. The van der Waals surface area contributed by atoms with Gasteiger partial charge in [0.25, 0.3) is 0 Å². The van der Waals surface area contributed by atoms with Crippen molar-refractivity contribution >= 4 is 30.1 Å². The third-order valence-corrected chi connectivity index (χ3v) is 5.15. The Morgan fingerprint density at radius 1 is 1.23 bits per heavy atom. The van der Waals surface area contributed by atoms with Gasteiger partial charge in [0.15, 0.2) is 0 Å². The lowest BCUT2D eigenvalue weighted by Gasteiger charge is -2.21. The summed E-state index contributed by atoms with van der Waals surface area (Å²) < 4.78 is 52.9. The van der Waals surface area contributed by atoms with Crippen molar-refractivity contribution in [1.82, 2.24) is 4.98 Å². The number of hydrogen-bond acceptors (Lipinski definition) is 2. The molecule has 2 rings (SSSR count). The minimum Gasteiger partial charge on any atom is -0.478 e. The number of nitrogens with zero attached hydrogens (tertiary/aromatic N) is 1. The van der Waals surface area contributed by atoms with Crippen LogP contribution in [0.15, 0.2) is 18.2 Å². The summed E-state index contributed by atoms with van der Waals surface area (Å²) in [6, 6.07) is 2.91. The van der Waals surface area contributed by atoms with E-state index in [9.17, 15) is 22.4 Å². The van der Waals surface area contributed by atoms with Gasteiger partial charge in [-0.1, -0.05) is 25.7 Å². The zero-order chi connectivity index (χ0) is 16.9. The average molecular weight is 331 g/mol. The number of aromatic nitrogens is 1. The van der Waals surface area contributed by atoms with E-state index in [1.807, 2.05) is 0 Å². The lowest BCUT2D eigenvalue weighted by Crippen LogP contribution is -2.42. The first kappa shape index (κ1) is 16.4. The summed E-state index contributed by atoms with van der Waals surface area (Å²) in [5.41, 5.74) is -1.79. The van der Waals surface area contributed by atoms with Gasteiger partial charge in [-0.25, -0.2) is 14.2 Å². The van der Waals surface area contributed by atoms with Crippen LogP contribution in [-0.4, -0.2) is 24.1 Å². The molecule has 0 saturated heterocycles. The monoisotopic (exact) mass is 331 g/mol. The Balaban J connectivity index is 2.94. The molecular formula is C14H13F4NO2Si. The molecule has 0 aliphatic heterocycles. The van der Waals surface area contributed by atoms with Crippen LogP contribution < -0.4 is 5.19 Å². The van der Waals surface area contributed by atoms with Crippen LogP contribution in [0.1, 0.15) is 16.1 Å². The van der Waals surface area contributed by atoms with Gasteiger partial charge in [-0.05, 0) is 12.1 Å². The van der Waals surface area contributed by atoms with Crippen molar-refractivity contribution in [3.8, 4) is 0 Å². The number of rotatable bonds is 2. The Kier molecular flexibility index (Phi) is 3.76. The molecule has 118 valence electrons. The lowest BCUT2D eigenvalue weighted by atomic mass is 10.1. The van der Waals surface area contributed by atoms with Gasteiger partial charge >= 0.3 is 12.1 Å². The van der Waals surface area contributed by atoms with E-state index in [0.717, 1.165) is 18.2 Å². The number of benzene rings is 1. The normalized spacial score (nSPS) is 12.7. The predicted molar refractivity (Wildman–Crippen MR) is 76.6 cm³/mol. The molecule has 0 fully saturated rings. The summed E-state index contributed by atoms with van der Waals surface area (Å²) in [6.45, 7) is 5.16. The number of alkyl halides is 3. The van der Waals surface area contributed by atoms with E-state index in [4.69, 9.17) is 5.11 Å². The Hall–Kier alpha value is -1.96. The molecule has 1 N–H and O–H groups in total. The minimum absolute atomic E-state index is 0.00602. The van der Waals surface area contributed by atoms with Gasteiger partial charge in [0.1, 0.15) is 11.5 Å². The van der Waals surface area contributed by atoms with Crippen molar-refractivity contribution in [2.75, 3.05) is 0 Å². The first-order valence-electron chi connectivity index (χ1n) is 6.37. The number of fused-ring (bicyclic) bond motifs is 1. The van der Waals surface area contributed by atoms with E-state index >= 15 is 0 Å². The molecular weight excluding hydrogens is 318 g/mol. The molecule has 3 nitrogen and oxygen atoms in total. The summed E-state index contributed by atoms with van der Waals surface area (Å²) >= 11 is 0. The van der Waals surface area contributed by atoms with Gasteiger partial charge < -0.3 is 5.11 Å². The summed E-state index contributed by atoms with van der Waals surface area (Å²) in [5.74, 6) is -2.45. The summed E-state index contributed by atoms with van der Waals surface area (Å²) in [7, 11) is -2.47. The first-order chi connectivity index (χ1) is 9.93. The molecule has 2 aromatic rings. The fourth-order valence-electron chi connectivity index (χ4n) is 2.24. The van der Waals surface area contributed by atoms with E-state index in [-0.39, 0.29) is 16.1 Å². The smallest absolute Gasteiger partial charge is 0.433 e. The van der Waals surface area contributed by atoms with Crippen molar-refractivity contribution in [3.05, 3.63) is 35.3 Å². The van der Waals surface area contributed by atoms with Crippen LogP contribution in [0.25, 0.3) is 10.9 Å². The van der Waals surface area contributed by atoms with Crippen LogP contribution in [0.3, 0.4) is 0 Å². The van der Waals surface area contributed by atoms with E-state index in [1.165, 1.54) is 0 Å². The summed E-state index contributed by atoms with van der Waals surface area (Å²) in [5, 5.41) is 9.25. The first-order valence-corrected chi connectivity index (χ1v) is 9.87. The van der Waals surface area contributed by atoms with Gasteiger partial charge in [-0.3, -0.25) is 0 Å². The molecule has 0 amide bonds. The fourth-order valence-corrected chi connectivity index (χ4v) is 3.95. The molecule has 0 unspecified atom stereocenters. The topological polar surface area (TPSA) is 50.2 Å². The minimum atomic E-state index is -4.65. The molecule has 0 atom stereocenters. The summed E-state index contributed by atoms with van der Waals surface area (Å²) in [6.07, 6.45) is -4.65. The number of aromatic carboxylic acids is 1. The zero-order valence-corrected chi connectivity index (χ0v) is 13.0. The molecule has 1 heterocycles. The highest BCUT2D eigenvalue weighted by Crippen LogP contribution is 2.30. The quantitative estimate of drug-likeness (QED) is 0.675. The molecule has 0 bridgehead atoms. The van der Waals surface area contributed by atoms with E-state index in [1.54, 1.807) is 19.6 Å². The number of carbonyl (C=O) groups is 1. The Labute approximate surface area is 124 Å². The van der Waals surface area contributed by atoms with Crippen LogP contribution in [0.2, 0.25) is 19.6 Å². The second kappa shape index (κ2) is 5.05. The zero-order valence-electron chi connectivity index (χ0n) is 12.0. The Morgan fingerprint density at radius 3 is 2.27 bits per heavy atom. The van der Waals surface area contributed by atoms with Crippen LogP contribution in [0, 0.1) is 5.82 Å². The molecule has 1 aromatic carbocycles. The van der Waals surface area contributed by atoms with Gasteiger partial charge in [0.05, 0.1) is 19.2 Å². The number of halogens is 4. The maximum atomic E-state index is 14.5. The van der Waals surface area contributed by atoms with E-state index < -0.39 is 37.3 Å². The molecule has 1 aromatic heterocycles.